The van der Waals surface area contributed by atoms with Crippen LogP contribution in [0.2, 0.25) is 0 Å². The van der Waals surface area contributed by atoms with Gasteiger partial charge in [-0.2, -0.15) is 0 Å². The maximum absolute atomic E-state index is 14.7. The van der Waals surface area contributed by atoms with Crippen LogP contribution in [0.25, 0.3) is 11.1 Å². The molecule has 1 N–H and O–H groups in total. The number of hydrogen-bond acceptors (Lipinski definition) is 7. The Morgan fingerprint density at radius 3 is 2.44 bits per heavy atom. The van der Waals surface area contributed by atoms with E-state index in [4.69, 9.17) is 9.72 Å². The summed E-state index contributed by atoms with van der Waals surface area (Å²) >= 11 is 0. The molecule has 2 aromatic heterocycles. The van der Waals surface area contributed by atoms with Gasteiger partial charge in [0.2, 0.25) is 0 Å². The normalized spacial score (nSPS) is 18.5. The number of ether oxygens (including phenoxy) is 1. The summed E-state index contributed by atoms with van der Waals surface area (Å²) in [5, 5.41) is 9.83. The van der Waals surface area contributed by atoms with Gasteiger partial charge in [0.05, 0.1) is 37.2 Å². The zero-order chi connectivity index (χ0) is 30.3. The van der Waals surface area contributed by atoms with Gasteiger partial charge in [-0.05, 0) is 55.2 Å². The second kappa shape index (κ2) is 11.8. The van der Waals surface area contributed by atoms with Gasteiger partial charge in [0.25, 0.3) is 0 Å². The molecule has 9 heteroatoms. The van der Waals surface area contributed by atoms with Crippen LogP contribution < -0.4 is 14.7 Å². The first kappa shape index (κ1) is 29.4. The molecule has 8 nitrogen and oxygen atoms in total. The molecular weight excluding hydrogens is 545 g/mol. The Morgan fingerprint density at radius 2 is 1.72 bits per heavy atom. The maximum atomic E-state index is 14.7. The lowest BCUT2D eigenvalue weighted by Gasteiger charge is -2.40. The summed E-state index contributed by atoms with van der Waals surface area (Å²) in [4.78, 5) is 27.9. The molecule has 0 bridgehead atoms. The van der Waals surface area contributed by atoms with Crippen LogP contribution in [0.4, 0.5) is 21.6 Å². The molecule has 2 fully saturated rings. The fourth-order valence-electron chi connectivity index (χ4n) is 6.80. The third kappa shape index (κ3) is 6.05. The zero-order valence-electron chi connectivity index (χ0n) is 25.7. The minimum atomic E-state index is -0.838. The number of aryl methyl sites for hydroxylation is 2. The quantitative estimate of drug-likeness (QED) is 0.402. The van der Waals surface area contributed by atoms with E-state index in [1.54, 1.807) is 0 Å². The van der Waals surface area contributed by atoms with Crippen LogP contribution in [0.5, 0.6) is 0 Å². The number of aromatic nitrogens is 2. The van der Waals surface area contributed by atoms with Gasteiger partial charge < -0.3 is 24.5 Å². The smallest absolute Gasteiger partial charge is 0.307 e. The molecule has 0 spiro atoms. The second-order valence-electron chi connectivity index (χ2n) is 13.0. The van der Waals surface area contributed by atoms with Crippen molar-refractivity contribution < 1.29 is 19.0 Å². The molecule has 0 unspecified atom stereocenters. The predicted molar refractivity (Wildman–Crippen MR) is 168 cm³/mol. The summed E-state index contributed by atoms with van der Waals surface area (Å²) in [6.45, 7) is 14.4. The van der Waals surface area contributed by atoms with Crippen LogP contribution in [0.3, 0.4) is 0 Å². The first-order chi connectivity index (χ1) is 20.6. The van der Waals surface area contributed by atoms with Crippen LogP contribution >= 0.6 is 0 Å². The number of hydrogen-bond donors (Lipinski definition) is 1. The van der Waals surface area contributed by atoms with E-state index in [9.17, 15) is 14.3 Å². The molecular formula is C34H42FN5O3. The molecule has 2 saturated heterocycles. The highest BCUT2D eigenvalue weighted by molar-refractivity contribution is 5.86. The molecule has 3 aliphatic rings. The number of piperidine rings is 1. The minimum absolute atomic E-state index is 0.0433. The van der Waals surface area contributed by atoms with Gasteiger partial charge in [-0.15, -0.1) is 0 Å². The number of carboxylic acids is 1. The Morgan fingerprint density at radius 1 is 0.977 bits per heavy atom. The number of rotatable bonds is 6. The Bertz CT molecular complexity index is 1520. The summed E-state index contributed by atoms with van der Waals surface area (Å²) in [6.07, 6.45) is 4.25. The van der Waals surface area contributed by atoms with Crippen molar-refractivity contribution in [2.24, 2.45) is 5.41 Å². The number of nitrogens with zero attached hydrogens (tertiary/aromatic N) is 5. The van der Waals surface area contributed by atoms with Crippen molar-refractivity contribution in [1.29, 1.82) is 0 Å². The lowest BCUT2D eigenvalue weighted by Crippen LogP contribution is -2.38. The summed E-state index contributed by atoms with van der Waals surface area (Å²) in [5.41, 5.74) is 9.05. The van der Waals surface area contributed by atoms with E-state index in [-0.39, 0.29) is 17.7 Å². The number of pyridine rings is 2. The fourth-order valence-corrected chi connectivity index (χ4v) is 6.80. The molecule has 0 saturated carbocycles. The second-order valence-corrected chi connectivity index (χ2v) is 13.0. The highest BCUT2D eigenvalue weighted by Gasteiger charge is 2.31. The van der Waals surface area contributed by atoms with Crippen molar-refractivity contribution in [3.8, 4) is 11.1 Å². The number of fused-ring (bicyclic) bond motifs is 1. The Hall–Kier alpha value is -3.72. The van der Waals surface area contributed by atoms with Crippen molar-refractivity contribution >= 4 is 23.2 Å². The van der Waals surface area contributed by atoms with Crippen LogP contribution in [0, 0.1) is 25.1 Å². The van der Waals surface area contributed by atoms with Crippen molar-refractivity contribution in [1.82, 2.24) is 9.97 Å². The Balaban J connectivity index is 1.32. The number of carboxylic acid groups (broad SMARTS) is 1. The van der Waals surface area contributed by atoms with Crippen LogP contribution in [-0.4, -0.2) is 67.0 Å². The van der Waals surface area contributed by atoms with E-state index in [0.29, 0.717) is 38.5 Å². The summed E-state index contributed by atoms with van der Waals surface area (Å²) in [7, 11) is 0. The van der Waals surface area contributed by atoms with E-state index in [2.05, 4.69) is 46.8 Å². The van der Waals surface area contributed by atoms with E-state index in [1.807, 2.05) is 24.8 Å². The van der Waals surface area contributed by atoms with Gasteiger partial charge in [-0.3, -0.25) is 9.78 Å². The molecule has 43 heavy (non-hydrogen) atoms. The van der Waals surface area contributed by atoms with Crippen LogP contribution in [-0.2, 0) is 28.9 Å². The molecule has 0 amide bonds. The molecule has 5 heterocycles. The van der Waals surface area contributed by atoms with E-state index in [0.717, 1.165) is 78.5 Å². The van der Waals surface area contributed by atoms with Crippen LogP contribution in [0.1, 0.15) is 54.8 Å². The minimum Gasteiger partial charge on any atom is -0.481 e. The van der Waals surface area contributed by atoms with Gasteiger partial charge in [0.15, 0.2) is 5.82 Å². The molecule has 228 valence electrons. The van der Waals surface area contributed by atoms with E-state index >= 15 is 0 Å². The first-order valence-electron chi connectivity index (χ1n) is 15.4. The number of morpholine rings is 1. The van der Waals surface area contributed by atoms with Crippen molar-refractivity contribution in [2.45, 2.75) is 59.9 Å². The number of anilines is 3. The van der Waals surface area contributed by atoms with Crippen molar-refractivity contribution in [3.63, 3.8) is 0 Å². The topological polar surface area (TPSA) is 82.0 Å². The average molecular weight is 588 g/mol. The zero-order valence-corrected chi connectivity index (χ0v) is 25.7. The number of carbonyl (C=O) groups is 1. The van der Waals surface area contributed by atoms with Crippen LogP contribution in [0.15, 0.2) is 30.5 Å². The van der Waals surface area contributed by atoms with E-state index in [1.165, 1.54) is 17.3 Å². The molecule has 0 radical (unpaired) electrons. The monoisotopic (exact) mass is 587 g/mol. The summed E-state index contributed by atoms with van der Waals surface area (Å²) in [5.74, 6) is -0.357. The van der Waals surface area contributed by atoms with Gasteiger partial charge in [0, 0.05) is 67.8 Å². The maximum Gasteiger partial charge on any atom is 0.307 e. The van der Waals surface area contributed by atoms with Gasteiger partial charge in [-0.1, -0.05) is 32.0 Å². The molecule has 0 aliphatic carbocycles. The molecule has 0 atom stereocenters. The molecule has 3 aliphatic heterocycles. The number of benzene rings is 1. The number of aliphatic carboxylic acids is 1. The Labute approximate surface area is 253 Å². The lowest BCUT2D eigenvalue weighted by molar-refractivity contribution is -0.136. The fraction of sp³-hybridized carbons (Fsp3) is 0.500. The summed E-state index contributed by atoms with van der Waals surface area (Å²) in [6, 6.07) is 8.48. The highest BCUT2D eigenvalue weighted by Crippen LogP contribution is 2.42. The molecule has 6 rings (SSSR count). The average Bonchev–Trinajstić information content (AvgIpc) is 2.98. The third-order valence-electron chi connectivity index (χ3n) is 9.42. The van der Waals surface area contributed by atoms with Gasteiger partial charge >= 0.3 is 5.97 Å². The molecule has 1 aromatic carbocycles. The van der Waals surface area contributed by atoms with E-state index < -0.39 is 5.97 Å². The molecule has 3 aromatic rings. The highest BCUT2D eigenvalue weighted by atomic mass is 19.1. The largest absolute Gasteiger partial charge is 0.481 e. The number of halogens is 1. The first-order valence-corrected chi connectivity index (χ1v) is 15.4. The SMILES string of the molecule is Cc1nc(C)c(-c2ccc3c(c2)CCN(c2cc(N4CCOCC4)c(F)cn2)C3)c(N2CCC(C)(C)CC2)c1CC(=O)O. The van der Waals surface area contributed by atoms with Gasteiger partial charge in [0.1, 0.15) is 5.82 Å². The van der Waals surface area contributed by atoms with Gasteiger partial charge in [-0.25, -0.2) is 9.37 Å². The van der Waals surface area contributed by atoms with Crippen molar-refractivity contribution in [3.05, 3.63) is 64.4 Å². The standard InChI is InChI=1S/C34H42FN5O3/c1-22-27(18-31(41)42)33(39-11-8-34(3,4)9-12-39)32(23(2)37-22)25-5-6-26-21-40(10-7-24(26)17-25)30-19-29(28(35)20-36-30)38-13-15-43-16-14-38/h5-6,17,19-20H,7-16,18,21H2,1-4H3,(H,41,42). The summed E-state index contributed by atoms with van der Waals surface area (Å²) < 4.78 is 20.2. The van der Waals surface area contributed by atoms with Crippen molar-refractivity contribution in [2.75, 3.05) is 60.6 Å². The third-order valence-corrected chi connectivity index (χ3v) is 9.42. The predicted octanol–water partition coefficient (Wildman–Crippen LogP) is 5.55. The Kier molecular flexibility index (Phi) is 8.02. The lowest BCUT2D eigenvalue weighted by atomic mass is 9.82.